The number of ether oxygens (including phenoxy) is 2. The first-order valence-corrected chi connectivity index (χ1v) is 9.21. The monoisotopic (exact) mass is 370 g/mol. The first-order valence-electron chi connectivity index (χ1n) is 9.21. The van der Waals surface area contributed by atoms with Crippen molar-refractivity contribution >= 4 is 11.7 Å². The predicted octanol–water partition coefficient (Wildman–Crippen LogP) is 3.51. The van der Waals surface area contributed by atoms with Crippen LogP contribution in [0.15, 0.2) is 48.5 Å². The van der Waals surface area contributed by atoms with Gasteiger partial charge in [-0.25, -0.2) is 4.79 Å². The molecule has 6 nitrogen and oxygen atoms in total. The van der Waals surface area contributed by atoms with E-state index in [1.165, 1.54) is 0 Å². The first-order chi connectivity index (χ1) is 13.1. The average molecular weight is 370 g/mol. The van der Waals surface area contributed by atoms with E-state index in [4.69, 9.17) is 9.47 Å². The highest BCUT2D eigenvalue weighted by Gasteiger charge is 2.27. The van der Waals surface area contributed by atoms with E-state index >= 15 is 0 Å². The fraction of sp³-hybridized carbons (Fsp3) is 0.381. The third-order valence-electron chi connectivity index (χ3n) is 4.62. The topological polar surface area (TPSA) is 71.0 Å². The van der Waals surface area contributed by atoms with Gasteiger partial charge in [0.1, 0.15) is 13.2 Å². The molecule has 2 aromatic carbocycles. The van der Waals surface area contributed by atoms with E-state index < -0.39 is 0 Å². The summed E-state index contributed by atoms with van der Waals surface area (Å²) in [4.78, 5) is 14.8. The highest BCUT2D eigenvalue weighted by atomic mass is 16.6. The number of benzene rings is 2. The zero-order chi connectivity index (χ0) is 19.2. The normalized spacial score (nSPS) is 13.9. The molecule has 6 heteroatoms. The van der Waals surface area contributed by atoms with Crippen LogP contribution in [-0.2, 0) is 6.54 Å². The molecule has 2 N–H and O–H groups in total. The Bertz CT molecular complexity index is 764. The second-order valence-corrected chi connectivity index (χ2v) is 6.87. The molecule has 0 saturated heterocycles. The van der Waals surface area contributed by atoms with Gasteiger partial charge in [-0.2, -0.15) is 0 Å². The van der Waals surface area contributed by atoms with E-state index in [2.05, 4.69) is 5.32 Å². The van der Waals surface area contributed by atoms with E-state index in [0.717, 1.165) is 5.56 Å². The molecule has 0 aromatic heterocycles. The number of amides is 2. The maximum absolute atomic E-state index is 13.1. The number of urea groups is 1. The Hall–Kier alpha value is -2.73. The lowest BCUT2D eigenvalue weighted by atomic mass is 10.0. The smallest absolute Gasteiger partial charge is 0.322 e. The van der Waals surface area contributed by atoms with Crippen molar-refractivity contribution < 1.29 is 19.4 Å². The maximum atomic E-state index is 13.1. The molecule has 144 valence electrons. The standard InChI is InChI=1S/C21H26N2O4/c1-15(2)18(14-24)23(13-16-7-4-3-5-8-16)21(25)22-17-9-6-10-19-20(17)27-12-11-26-19/h3-10,15,18,24H,11-14H2,1-2H3,(H,22,25)/t18-/m0/s1. The number of hydrogen-bond donors (Lipinski definition) is 2. The number of nitrogens with zero attached hydrogens (tertiary/aromatic N) is 1. The molecular weight excluding hydrogens is 344 g/mol. The van der Waals surface area contributed by atoms with Crippen LogP contribution in [0.2, 0.25) is 0 Å². The van der Waals surface area contributed by atoms with Gasteiger partial charge >= 0.3 is 6.03 Å². The number of para-hydroxylation sites is 1. The minimum Gasteiger partial charge on any atom is -0.486 e. The number of anilines is 1. The summed E-state index contributed by atoms with van der Waals surface area (Å²) < 4.78 is 11.3. The van der Waals surface area contributed by atoms with Gasteiger partial charge < -0.3 is 24.8 Å². The second kappa shape index (κ2) is 8.77. The van der Waals surface area contributed by atoms with Crippen LogP contribution in [0.25, 0.3) is 0 Å². The van der Waals surface area contributed by atoms with E-state index in [0.29, 0.717) is 36.9 Å². The lowest BCUT2D eigenvalue weighted by Gasteiger charge is -2.33. The zero-order valence-corrected chi connectivity index (χ0v) is 15.7. The van der Waals surface area contributed by atoms with E-state index in [1.807, 2.05) is 56.3 Å². The number of aliphatic hydroxyl groups is 1. The number of aliphatic hydroxyl groups excluding tert-OH is 1. The van der Waals surface area contributed by atoms with Crippen LogP contribution in [0.5, 0.6) is 11.5 Å². The lowest BCUT2D eigenvalue weighted by Crippen LogP contribution is -2.47. The average Bonchev–Trinajstić information content (AvgIpc) is 2.68. The van der Waals surface area contributed by atoms with E-state index in [1.54, 1.807) is 11.0 Å². The number of nitrogens with one attached hydrogen (secondary N) is 1. The number of carbonyl (C=O) groups is 1. The van der Waals surface area contributed by atoms with Gasteiger partial charge in [0.15, 0.2) is 11.5 Å². The van der Waals surface area contributed by atoms with Crippen LogP contribution in [0.1, 0.15) is 19.4 Å². The summed E-state index contributed by atoms with van der Waals surface area (Å²) in [6.07, 6.45) is 0. The molecule has 0 radical (unpaired) electrons. The molecule has 2 aromatic rings. The Labute approximate surface area is 159 Å². The van der Waals surface area contributed by atoms with Crippen molar-refractivity contribution in [3.05, 3.63) is 54.1 Å². The van der Waals surface area contributed by atoms with Crippen LogP contribution >= 0.6 is 0 Å². The predicted molar refractivity (Wildman–Crippen MR) is 104 cm³/mol. The van der Waals surface area contributed by atoms with Gasteiger partial charge in [0.05, 0.1) is 18.3 Å². The summed E-state index contributed by atoms with van der Waals surface area (Å²) in [7, 11) is 0. The third kappa shape index (κ3) is 4.52. The van der Waals surface area contributed by atoms with E-state index in [9.17, 15) is 9.90 Å². The highest BCUT2D eigenvalue weighted by Crippen LogP contribution is 2.37. The molecule has 0 saturated carbocycles. The summed E-state index contributed by atoms with van der Waals surface area (Å²) in [5.41, 5.74) is 1.57. The number of fused-ring (bicyclic) bond motifs is 1. The van der Waals surface area contributed by atoms with Gasteiger partial charge in [-0.1, -0.05) is 50.2 Å². The van der Waals surface area contributed by atoms with Crippen molar-refractivity contribution in [2.45, 2.75) is 26.4 Å². The minimum atomic E-state index is -0.304. The van der Waals surface area contributed by atoms with E-state index in [-0.39, 0.29) is 24.6 Å². The summed E-state index contributed by atoms with van der Waals surface area (Å²) in [6, 6.07) is 14.6. The molecule has 0 fully saturated rings. The molecule has 1 atom stereocenters. The Morgan fingerprint density at radius 3 is 2.56 bits per heavy atom. The Kier molecular flexibility index (Phi) is 6.19. The van der Waals surface area contributed by atoms with Crippen LogP contribution in [0.4, 0.5) is 10.5 Å². The van der Waals surface area contributed by atoms with Gasteiger partial charge in [-0.3, -0.25) is 0 Å². The summed E-state index contributed by atoms with van der Waals surface area (Å²) >= 11 is 0. The van der Waals surface area contributed by atoms with Crippen molar-refractivity contribution in [1.82, 2.24) is 4.90 Å². The fourth-order valence-corrected chi connectivity index (χ4v) is 3.15. The Morgan fingerprint density at radius 2 is 1.85 bits per heavy atom. The molecule has 3 rings (SSSR count). The number of rotatable bonds is 6. The fourth-order valence-electron chi connectivity index (χ4n) is 3.15. The lowest BCUT2D eigenvalue weighted by molar-refractivity contribution is 0.110. The maximum Gasteiger partial charge on any atom is 0.322 e. The van der Waals surface area contributed by atoms with Crippen molar-refractivity contribution in [2.24, 2.45) is 5.92 Å². The largest absolute Gasteiger partial charge is 0.486 e. The molecule has 1 heterocycles. The molecule has 1 aliphatic heterocycles. The third-order valence-corrected chi connectivity index (χ3v) is 4.62. The van der Waals surface area contributed by atoms with Gasteiger partial charge in [-0.05, 0) is 23.6 Å². The molecule has 1 aliphatic rings. The molecule has 0 spiro atoms. The van der Waals surface area contributed by atoms with Gasteiger partial charge in [0.25, 0.3) is 0 Å². The van der Waals surface area contributed by atoms with Gasteiger partial charge in [0.2, 0.25) is 0 Å². The summed E-state index contributed by atoms with van der Waals surface area (Å²) in [6.45, 7) is 5.22. The van der Waals surface area contributed by atoms with Crippen LogP contribution < -0.4 is 14.8 Å². The highest BCUT2D eigenvalue weighted by molar-refractivity contribution is 5.92. The molecule has 0 unspecified atom stereocenters. The molecular formula is C21H26N2O4. The number of hydrogen-bond acceptors (Lipinski definition) is 4. The zero-order valence-electron chi connectivity index (χ0n) is 15.7. The van der Waals surface area contributed by atoms with Crippen LogP contribution in [0.3, 0.4) is 0 Å². The van der Waals surface area contributed by atoms with Crippen molar-refractivity contribution in [3.63, 3.8) is 0 Å². The van der Waals surface area contributed by atoms with Crippen molar-refractivity contribution in [2.75, 3.05) is 25.1 Å². The van der Waals surface area contributed by atoms with Crippen molar-refractivity contribution in [1.29, 1.82) is 0 Å². The summed E-state index contributed by atoms with van der Waals surface area (Å²) in [5, 5.41) is 12.8. The molecule has 27 heavy (non-hydrogen) atoms. The molecule has 0 aliphatic carbocycles. The SMILES string of the molecule is CC(C)[C@H](CO)N(Cc1ccccc1)C(=O)Nc1cccc2c1OCCO2. The van der Waals surface area contributed by atoms with Gasteiger partial charge in [-0.15, -0.1) is 0 Å². The summed E-state index contributed by atoms with van der Waals surface area (Å²) in [5.74, 6) is 1.27. The van der Waals surface area contributed by atoms with Crippen LogP contribution in [-0.4, -0.2) is 41.9 Å². The first kappa shape index (κ1) is 19.0. The second-order valence-electron chi connectivity index (χ2n) is 6.87. The molecule has 0 bridgehead atoms. The van der Waals surface area contributed by atoms with Crippen molar-refractivity contribution in [3.8, 4) is 11.5 Å². The minimum absolute atomic E-state index is 0.105. The van der Waals surface area contributed by atoms with Gasteiger partial charge in [0, 0.05) is 6.54 Å². The Balaban J connectivity index is 1.84. The number of carbonyl (C=O) groups excluding carboxylic acids is 1. The molecule has 2 amide bonds. The Morgan fingerprint density at radius 1 is 1.11 bits per heavy atom. The van der Waals surface area contributed by atoms with Crippen LogP contribution in [0, 0.1) is 5.92 Å². The quantitative estimate of drug-likeness (QED) is 0.816.